The Morgan fingerprint density at radius 2 is 2.08 bits per heavy atom. The SMILES string of the molecule is CCCCCCC(O)/C=C/CC=O. The van der Waals surface area contributed by atoms with Gasteiger partial charge in [-0.25, -0.2) is 0 Å². The average Bonchev–Trinajstić information content (AvgIpc) is 2.13. The Bertz CT molecular complexity index is 141. The maximum Gasteiger partial charge on any atom is 0.123 e. The Hall–Kier alpha value is -0.630. The number of aldehydes is 1. The molecule has 2 heteroatoms. The summed E-state index contributed by atoms with van der Waals surface area (Å²) in [4.78, 5) is 9.95. The third kappa shape index (κ3) is 9.28. The van der Waals surface area contributed by atoms with Crippen LogP contribution in [0.15, 0.2) is 12.2 Å². The second-order valence-corrected chi connectivity index (χ2v) is 3.25. The summed E-state index contributed by atoms with van der Waals surface area (Å²) in [6.07, 6.45) is 9.84. The van der Waals surface area contributed by atoms with E-state index in [0.29, 0.717) is 6.42 Å². The molecule has 0 heterocycles. The van der Waals surface area contributed by atoms with Gasteiger partial charge in [-0.3, -0.25) is 0 Å². The highest BCUT2D eigenvalue weighted by Crippen LogP contribution is 2.06. The molecule has 0 aromatic rings. The second-order valence-electron chi connectivity index (χ2n) is 3.25. The molecule has 0 saturated carbocycles. The molecule has 2 nitrogen and oxygen atoms in total. The largest absolute Gasteiger partial charge is 0.389 e. The van der Waals surface area contributed by atoms with Crippen molar-refractivity contribution in [1.29, 1.82) is 0 Å². The third-order valence-electron chi connectivity index (χ3n) is 1.94. The normalized spacial score (nSPS) is 13.4. The Morgan fingerprint density at radius 1 is 1.31 bits per heavy atom. The van der Waals surface area contributed by atoms with E-state index in [0.717, 1.165) is 19.1 Å². The van der Waals surface area contributed by atoms with Crippen LogP contribution in [-0.2, 0) is 4.79 Å². The number of allylic oxidation sites excluding steroid dienone is 1. The topological polar surface area (TPSA) is 37.3 Å². The number of carbonyl (C=O) groups is 1. The van der Waals surface area contributed by atoms with Gasteiger partial charge in [0.15, 0.2) is 0 Å². The van der Waals surface area contributed by atoms with Gasteiger partial charge >= 0.3 is 0 Å². The highest BCUT2D eigenvalue weighted by atomic mass is 16.3. The van der Waals surface area contributed by atoms with Crippen molar-refractivity contribution >= 4 is 6.29 Å². The highest BCUT2D eigenvalue weighted by molar-refractivity contribution is 5.51. The minimum absolute atomic E-state index is 0.364. The third-order valence-corrected chi connectivity index (χ3v) is 1.94. The van der Waals surface area contributed by atoms with Crippen molar-refractivity contribution < 1.29 is 9.90 Å². The molecule has 0 aliphatic heterocycles. The lowest BCUT2D eigenvalue weighted by atomic mass is 10.1. The lowest BCUT2D eigenvalue weighted by Gasteiger charge is -2.03. The van der Waals surface area contributed by atoms with Crippen molar-refractivity contribution in [1.82, 2.24) is 0 Å². The van der Waals surface area contributed by atoms with Gasteiger partial charge < -0.3 is 9.90 Å². The second kappa shape index (κ2) is 9.46. The zero-order chi connectivity index (χ0) is 9.94. The maximum absolute atomic E-state index is 9.95. The molecule has 0 aliphatic rings. The first kappa shape index (κ1) is 12.4. The van der Waals surface area contributed by atoms with E-state index in [-0.39, 0.29) is 6.10 Å². The molecular formula is C11H20O2. The molecule has 0 saturated heterocycles. The summed E-state index contributed by atoms with van der Waals surface area (Å²) in [6, 6.07) is 0. The summed E-state index contributed by atoms with van der Waals surface area (Å²) in [7, 11) is 0. The summed E-state index contributed by atoms with van der Waals surface area (Å²) in [5, 5.41) is 9.37. The molecule has 13 heavy (non-hydrogen) atoms. The van der Waals surface area contributed by atoms with Crippen LogP contribution in [0.3, 0.4) is 0 Å². The monoisotopic (exact) mass is 184 g/mol. The number of aliphatic hydroxyl groups is 1. The Labute approximate surface area is 80.7 Å². The van der Waals surface area contributed by atoms with Gasteiger partial charge in [-0.2, -0.15) is 0 Å². The molecule has 0 bridgehead atoms. The van der Waals surface area contributed by atoms with Crippen LogP contribution in [0.5, 0.6) is 0 Å². The van der Waals surface area contributed by atoms with E-state index in [4.69, 9.17) is 0 Å². The molecule has 0 aromatic heterocycles. The Kier molecular flexibility index (Phi) is 9.00. The molecule has 0 rings (SSSR count). The van der Waals surface area contributed by atoms with Crippen LogP contribution in [0, 0.1) is 0 Å². The van der Waals surface area contributed by atoms with Gasteiger partial charge in [-0.1, -0.05) is 44.8 Å². The fraction of sp³-hybridized carbons (Fsp3) is 0.727. The zero-order valence-electron chi connectivity index (χ0n) is 8.41. The van der Waals surface area contributed by atoms with E-state index < -0.39 is 0 Å². The van der Waals surface area contributed by atoms with Crippen molar-refractivity contribution in [3.05, 3.63) is 12.2 Å². The van der Waals surface area contributed by atoms with Crippen molar-refractivity contribution in [3.63, 3.8) is 0 Å². The fourth-order valence-electron chi connectivity index (χ4n) is 1.17. The molecular weight excluding hydrogens is 164 g/mol. The minimum Gasteiger partial charge on any atom is -0.389 e. The van der Waals surface area contributed by atoms with Crippen LogP contribution in [-0.4, -0.2) is 17.5 Å². The number of unbranched alkanes of at least 4 members (excludes halogenated alkanes) is 3. The van der Waals surface area contributed by atoms with E-state index in [1.54, 1.807) is 12.2 Å². The number of carbonyl (C=O) groups excluding carboxylic acids is 1. The summed E-state index contributed by atoms with van der Waals surface area (Å²) >= 11 is 0. The van der Waals surface area contributed by atoms with Crippen LogP contribution in [0.25, 0.3) is 0 Å². The maximum atomic E-state index is 9.95. The molecule has 0 spiro atoms. The first-order valence-electron chi connectivity index (χ1n) is 5.09. The van der Waals surface area contributed by atoms with Gasteiger partial charge in [-0.15, -0.1) is 0 Å². The van der Waals surface area contributed by atoms with Crippen LogP contribution in [0.2, 0.25) is 0 Å². The number of hydrogen-bond donors (Lipinski definition) is 1. The smallest absolute Gasteiger partial charge is 0.123 e. The molecule has 0 amide bonds. The van der Waals surface area contributed by atoms with Gasteiger partial charge in [0.1, 0.15) is 6.29 Å². The first-order chi connectivity index (χ1) is 6.31. The first-order valence-corrected chi connectivity index (χ1v) is 5.09. The van der Waals surface area contributed by atoms with Crippen LogP contribution >= 0.6 is 0 Å². The molecule has 1 N–H and O–H groups in total. The molecule has 1 unspecified atom stereocenters. The number of hydrogen-bond acceptors (Lipinski definition) is 2. The summed E-state index contributed by atoms with van der Waals surface area (Å²) < 4.78 is 0. The Morgan fingerprint density at radius 3 is 2.69 bits per heavy atom. The minimum atomic E-state index is -0.364. The highest BCUT2D eigenvalue weighted by Gasteiger charge is 1.97. The number of aliphatic hydroxyl groups excluding tert-OH is 1. The predicted octanol–water partition coefficient (Wildman–Crippen LogP) is 2.46. The van der Waals surface area contributed by atoms with Crippen molar-refractivity contribution in [2.75, 3.05) is 0 Å². The lowest BCUT2D eigenvalue weighted by Crippen LogP contribution is -2.01. The summed E-state index contributed by atoms with van der Waals surface area (Å²) in [6.45, 7) is 2.17. The van der Waals surface area contributed by atoms with Crippen molar-refractivity contribution in [2.24, 2.45) is 0 Å². The van der Waals surface area contributed by atoms with E-state index >= 15 is 0 Å². The molecule has 0 radical (unpaired) electrons. The summed E-state index contributed by atoms with van der Waals surface area (Å²) in [5.74, 6) is 0. The molecule has 0 aliphatic carbocycles. The van der Waals surface area contributed by atoms with Crippen LogP contribution in [0.1, 0.15) is 45.4 Å². The van der Waals surface area contributed by atoms with Gasteiger partial charge in [0.25, 0.3) is 0 Å². The lowest BCUT2D eigenvalue weighted by molar-refractivity contribution is -0.107. The van der Waals surface area contributed by atoms with Crippen LogP contribution < -0.4 is 0 Å². The van der Waals surface area contributed by atoms with E-state index in [1.165, 1.54) is 19.3 Å². The van der Waals surface area contributed by atoms with E-state index in [1.807, 2.05) is 0 Å². The molecule has 76 valence electrons. The van der Waals surface area contributed by atoms with E-state index in [9.17, 15) is 9.90 Å². The fourth-order valence-corrected chi connectivity index (χ4v) is 1.17. The zero-order valence-corrected chi connectivity index (χ0v) is 8.41. The van der Waals surface area contributed by atoms with Gasteiger partial charge in [0.05, 0.1) is 6.10 Å². The molecule has 0 aromatic carbocycles. The van der Waals surface area contributed by atoms with E-state index in [2.05, 4.69) is 6.92 Å². The van der Waals surface area contributed by atoms with Gasteiger partial charge in [-0.05, 0) is 6.42 Å². The quantitative estimate of drug-likeness (QED) is 0.357. The predicted molar refractivity (Wildman–Crippen MR) is 54.6 cm³/mol. The van der Waals surface area contributed by atoms with Crippen LogP contribution in [0.4, 0.5) is 0 Å². The average molecular weight is 184 g/mol. The van der Waals surface area contributed by atoms with Gasteiger partial charge in [0, 0.05) is 6.42 Å². The van der Waals surface area contributed by atoms with Crippen molar-refractivity contribution in [3.8, 4) is 0 Å². The Balaban J connectivity index is 3.28. The standard InChI is InChI=1S/C11H20O2/c1-2-3-4-5-8-11(13)9-6-7-10-12/h6,9-11,13H,2-5,7-8H2,1H3/b9-6+. The summed E-state index contributed by atoms with van der Waals surface area (Å²) in [5.41, 5.74) is 0. The van der Waals surface area contributed by atoms with Gasteiger partial charge in [0.2, 0.25) is 0 Å². The molecule has 1 atom stereocenters. The van der Waals surface area contributed by atoms with Crippen molar-refractivity contribution in [2.45, 2.75) is 51.6 Å². The number of rotatable bonds is 8. The molecule has 0 fully saturated rings.